The number of thioether (sulfide) groups is 1. The first-order valence-corrected chi connectivity index (χ1v) is 10.3. The number of para-hydroxylation sites is 1. The minimum atomic E-state index is -0.215. The molecule has 0 saturated carbocycles. The van der Waals surface area contributed by atoms with E-state index in [2.05, 4.69) is 21.6 Å². The van der Waals surface area contributed by atoms with Crippen molar-refractivity contribution in [3.63, 3.8) is 0 Å². The third-order valence-electron chi connectivity index (χ3n) is 3.92. The van der Waals surface area contributed by atoms with Gasteiger partial charge in [0.15, 0.2) is 4.34 Å². The van der Waals surface area contributed by atoms with Crippen molar-refractivity contribution < 1.29 is 4.79 Å². The van der Waals surface area contributed by atoms with Crippen LogP contribution in [0.1, 0.15) is 32.3 Å². The molecule has 0 aliphatic rings. The zero-order valence-electron chi connectivity index (χ0n) is 14.8. The van der Waals surface area contributed by atoms with E-state index in [0.717, 1.165) is 38.7 Å². The summed E-state index contributed by atoms with van der Waals surface area (Å²) in [6.07, 6.45) is 1.47. The largest absolute Gasteiger partial charge is 0.272 e. The first-order chi connectivity index (χ1) is 12.7. The van der Waals surface area contributed by atoms with Gasteiger partial charge in [-0.15, -0.1) is 11.3 Å². The van der Waals surface area contributed by atoms with Crippen molar-refractivity contribution in [2.75, 3.05) is 0 Å². The molecule has 0 fully saturated rings. The molecule has 26 heavy (non-hydrogen) atoms. The van der Waals surface area contributed by atoms with Gasteiger partial charge in [0.2, 0.25) is 0 Å². The number of aromatic nitrogens is 1. The smallest absolute Gasteiger partial charge is 0.253 e. The Morgan fingerprint density at radius 3 is 2.58 bits per heavy atom. The molecule has 0 radical (unpaired) electrons. The molecular formula is C20H21N3OS2. The van der Waals surface area contributed by atoms with Gasteiger partial charge in [0.1, 0.15) is 0 Å². The number of amides is 1. The Morgan fingerprint density at radius 2 is 1.88 bits per heavy atom. The molecule has 1 N–H and O–H groups in total. The number of hydrogen-bond acceptors (Lipinski definition) is 5. The molecule has 0 saturated heterocycles. The summed E-state index contributed by atoms with van der Waals surface area (Å²) in [5.74, 6) is -0.0846. The summed E-state index contributed by atoms with van der Waals surface area (Å²) in [6.45, 7) is 4.04. The van der Waals surface area contributed by atoms with Gasteiger partial charge in [0, 0.05) is 0 Å². The minimum absolute atomic E-state index is 0.0846. The summed E-state index contributed by atoms with van der Waals surface area (Å²) < 4.78 is 2.05. The van der Waals surface area contributed by atoms with Crippen LogP contribution >= 0.6 is 23.1 Å². The predicted octanol–water partition coefficient (Wildman–Crippen LogP) is 5.10. The SMILES string of the molecule is CC/C(=N\NC(=O)C(CC)Sc1nc2ccccc2s1)c1ccccc1. The second-order valence-corrected chi connectivity index (χ2v) is 8.20. The van der Waals surface area contributed by atoms with E-state index in [1.165, 1.54) is 11.8 Å². The number of hydrogen-bond donors (Lipinski definition) is 1. The molecule has 3 aromatic rings. The van der Waals surface area contributed by atoms with Crippen LogP contribution in [0.4, 0.5) is 0 Å². The summed E-state index contributed by atoms with van der Waals surface area (Å²) in [7, 11) is 0. The molecule has 1 atom stereocenters. The van der Waals surface area contributed by atoms with E-state index in [4.69, 9.17) is 0 Å². The highest BCUT2D eigenvalue weighted by Gasteiger charge is 2.20. The van der Waals surface area contributed by atoms with Gasteiger partial charge in [0.05, 0.1) is 21.2 Å². The van der Waals surface area contributed by atoms with Gasteiger partial charge >= 0.3 is 0 Å². The van der Waals surface area contributed by atoms with Crippen molar-refractivity contribution in [1.82, 2.24) is 10.4 Å². The van der Waals surface area contributed by atoms with Crippen molar-refractivity contribution in [3.05, 3.63) is 60.2 Å². The Hall–Kier alpha value is -2.18. The highest BCUT2D eigenvalue weighted by Crippen LogP contribution is 2.33. The Kier molecular flexibility index (Phi) is 6.41. The number of carbonyl (C=O) groups excluding carboxylic acids is 1. The second-order valence-electron chi connectivity index (χ2n) is 5.72. The van der Waals surface area contributed by atoms with E-state index in [-0.39, 0.29) is 11.2 Å². The van der Waals surface area contributed by atoms with Crippen molar-refractivity contribution in [2.24, 2.45) is 5.10 Å². The standard InChI is InChI=1S/C20H21N3OS2/c1-3-15(14-10-6-5-7-11-14)22-23-19(24)17(4-2)25-20-21-16-12-8-9-13-18(16)26-20/h5-13,17H,3-4H2,1-2H3,(H,23,24)/b22-15+. The number of benzene rings is 2. The average Bonchev–Trinajstić information content (AvgIpc) is 3.09. The second kappa shape index (κ2) is 8.96. The predicted molar refractivity (Wildman–Crippen MR) is 111 cm³/mol. The first kappa shape index (κ1) is 18.6. The fourth-order valence-corrected chi connectivity index (χ4v) is 4.75. The van der Waals surface area contributed by atoms with E-state index < -0.39 is 0 Å². The zero-order chi connectivity index (χ0) is 18.4. The lowest BCUT2D eigenvalue weighted by Gasteiger charge is -2.11. The fraction of sp³-hybridized carbons (Fsp3) is 0.250. The van der Waals surface area contributed by atoms with Gasteiger partial charge in [-0.3, -0.25) is 4.79 Å². The molecule has 1 heterocycles. The van der Waals surface area contributed by atoms with Crippen LogP contribution in [-0.2, 0) is 4.79 Å². The van der Waals surface area contributed by atoms with Gasteiger partial charge in [-0.05, 0) is 30.5 Å². The number of thiazole rings is 1. The first-order valence-electron chi connectivity index (χ1n) is 8.65. The van der Waals surface area contributed by atoms with Gasteiger partial charge in [-0.2, -0.15) is 5.10 Å². The molecule has 134 valence electrons. The molecule has 1 amide bonds. The van der Waals surface area contributed by atoms with Crippen molar-refractivity contribution in [1.29, 1.82) is 0 Å². The summed E-state index contributed by atoms with van der Waals surface area (Å²) in [4.78, 5) is 17.2. The Bertz CT molecular complexity index is 873. The maximum absolute atomic E-state index is 12.6. The maximum Gasteiger partial charge on any atom is 0.253 e. The minimum Gasteiger partial charge on any atom is -0.272 e. The van der Waals surface area contributed by atoms with Crippen LogP contribution < -0.4 is 5.43 Å². The highest BCUT2D eigenvalue weighted by atomic mass is 32.2. The normalized spacial score (nSPS) is 12.9. The number of nitrogens with zero attached hydrogens (tertiary/aromatic N) is 2. The zero-order valence-corrected chi connectivity index (χ0v) is 16.4. The Balaban J connectivity index is 1.69. The van der Waals surface area contributed by atoms with Crippen LogP contribution in [0, 0.1) is 0 Å². The van der Waals surface area contributed by atoms with Crippen LogP contribution in [0.5, 0.6) is 0 Å². The van der Waals surface area contributed by atoms with Gasteiger partial charge in [0.25, 0.3) is 5.91 Å². The molecule has 6 heteroatoms. The van der Waals surface area contributed by atoms with E-state index in [0.29, 0.717) is 0 Å². The summed E-state index contributed by atoms with van der Waals surface area (Å²) >= 11 is 3.12. The van der Waals surface area contributed by atoms with Crippen LogP contribution in [0.15, 0.2) is 64.0 Å². The van der Waals surface area contributed by atoms with Gasteiger partial charge < -0.3 is 0 Å². The molecule has 2 aromatic carbocycles. The van der Waals surface area contributed by atoms with Crippen LogP contribution in [-0.4, -0.2) is 21.9 Å². The molecule has 4 nitrogen and oxygen atoms in total. The summed E-state index contributed by atoms with van der Waals surface area (Å²) in [5, 5.41) is 4.14. The Labute approximate surface area is 161 Å². The van der Waals surface area contributed by atoms with E-state index in [9.17, 15) is 4.79 Å². The number of fused-ring (bicyclic) bond motifs is 1. The number of carbonyl (C=O) groups is 1. The van der Waals surface area contributed by atoms with Crippen molar-refractivity contribution in [2.45, 2.75) is 36.3 Å². The van der Waals surface area contributed by atoms with Crippen LogP contribution in [0.3, 0.4) is 0 Å². The molecular weight excluding hydrogens is 362 g/mol. The lowest BCUT2D eigenvalue weighted by atomic mass is 10.1. The third kappa shape index (κ3) is 4.51. The van der Waals surface area contributed by atoms with E-state index in [1.807, 2.05) is 62.4 Å². The van der Waals surface area contributed by atoms with E-state index in [1.54, 1.807) is 11.3 Å². The number of rotatable bonds is 7. The molecule has 0 aliphatic carbocycles. The number of hydrazone groups is 1. The average molecular weight is 384 g/mol. The topological polar surface area (TPSA) is 54.4 Å². The monoisotopic (exact) mass is 383 g/mol. The molecule has 3 rings (SSSR count). The quantitative estimate of drug-likeness (QED) is 0.351. The molecule has 0 aliphatic heterocycles. The third-order valence-corrected chi connectivity index (χ3v) is 6.42. The van der Waals surface area contributed by atoms with Crippen LogP contribution in [0.2, 0.25) is 0 Å². The highest BCUT2D eigenvalue weighted by molar-refractivity contribution is 8.02. The van der Waals surface area contributed by atoms with Crippen molar-refractivity contribution >= 4 is 44.9 Å². The fourth-order valence-electron chi connectivity index (χ4n) is 2.52. The number of nitrogens with one attached hydrogen (secondary N) is 1. The van der Waals surface area contributed by atoms with Gasteiger partial charge in [-0.25, -0.2) is 10.4 Å². The maximum atomic E-state index is 12.6. The summed E-state index contributed by atoms with van der Waals surface area (Å²) in [5.41, 5.74) is 5.62. The molecule has 0 spiro atoms. The lowest BCUT2D eigenvalue weighted by molar-refractivity contribution is -0.120. The molecule has 1 aromatic heterocycles. The van der Waals surface area contributed by atoms with Gasteiger partial charge in [-0.1, -0.05) is 68.1 Å². The molecule has 0 bridgehead atoms. The lowest BCUT2D eigenvalue weighted by Crippen LogP contribution is -2.29. The molecule has 1 unspecified atom stereocenters. The summed E-state index contributed by atoms with van der Waals surface area (Å²) in [6, 6.07) is 17.9. The van der Waals surface area contributed by atoms with Crippen molar-refractivity contribution in [3.8, 4) is 0 Å². The Morgan fingerprint density at radius 1 is 1.15 bits per heavy atom. The van der Waals surface area contributed by atoms with E-state index >= 15 is 0 Å². The van der Waals surface area contributed by atoms with Crippen LogP contribution in [0.25, 0.3) is 10.2 Å².